The lowest BCUT2D eigenvalue weighted by Crippen LogP contribution is -2.22. The van der Waals surface area contributed by atoms with Gasteiger partial charge in [0.1, 0.15) is 18.1 Å². The fourth-order valence-electron chi connectivity index (χ4n) is 1.75. The fourth-order valence-corrected chi connectivity index (χ4v) is 2.15. The second kappa shape index (κ2) is 5.87. The van der Waals surface area contributed by atoms with Crippen molar-refractivity contribution in [2.24, 2.45) is 0 Å². The number of carbonyl (C=O) groups excluding carboxylic acids is 1. The molecule has 2 N–H and O–H groups in total. The monoisotopic (exact) mass is 337 g/mol. The summed E-state index contributed by atoms with van der Waals surface area (Å²) in [6, 6.07) is 7.15. The summed E-state index contributed by atoms with van der Waals surface area (Å²) in [5.41, 5.74) is 0.630. The average molecular weight is 338 g/mol. The number of hydrogen-bond donors (Lipinski definition) is 2. The van der Waals surface area contributed by atoms with E-state index < -0.39 is 5.97 Å². The van der Waals surface area contributed by atoms with E-state index in [0.29, 0.717) is 11.5 Å². The number of aromatic carboxylic acids is 1. The minimum absolute atomic E-state index is 0.00751. The number of aryl methyl sites for hydroxylation is 1. The second-order valence-electron chi connectivity index (χ2n) is 4.14. The minimum atomic E-state index is -1.11. The number of nitrogens with zero attached hydrogens (tertiary/aromatic N) is 2. The topological polar surface area (TPSA) is 84.2 Å². The summed E-state index contributed by atoms with van der Waals surface area (Å²) in [5, 5.41) is 11.7. The lowest BCUT2D eigenvalue weighted by molar-refractivity contribution is -0.116. The maximum absolute atomic E-state index is 12.0. The number of imidazole rings is 1. The number of benzene rings is 1. The smallest absolute Gasteiger partial charge is 0.354 e. The van der Waals surface area contributed by atoms with Crippen molar-refractivity contribution < 1.29 is 14.7 Å². The SMILES string of the molecule is Cc1ncc(C(=O)O)n1CC(=O)Nc1cccc(Br)c1. The van der Waals surface area contributed by atoms with Gasteiger partial charge in [-0.05, 0) is 25.1 Å². The molecule has 2 aromatic rings. The number of nitrogens with one attached hydrogen (secondary N) is 1. The molecule has 0 bridgehead atoms. The molecular formula is C13H12BrN3O3. The third-order valence-corrected chi connectivity index (χ3v) is 3.18. The van der Waals surface area contributed by atoms with Gasteiger partial charge in [0.2, 0.25) is 5.91 Å². The molecule has 1 heterocycles. The number of rotatable bonds is 4. The van der Waals surface area contributed by atoms with E-state index in [2.05, 4.69) is 26.2 Å². The first-order valence-electron chi connectivity index (χ1n) is 5.78. The van der Waals surface area contributed by atoms with Gasteiger partial charge < -0.3 is 15.0 Å². The molecular weight excluding hydrogens is 326 g/mol. The Bertz CT molecular complexity index is 667. The summed E-state index contributed by atoms with van der Waals surface area (Å²) in [6.07, 6.45) is 1.24. The fraction of sp³-hybridized carbons (Fsp3) is 0.154. The molecule has 0 fully saturated rings. The maximum Gasteiger partial charge on any atom is 0.354 e. The van der Waals surface area contributed by atoms with Gasteiger partial charge in [-0.25, -0.2) is 9.78 Å². The highest BCUT2D eigenvalue weighted by Crippen LogP contribution is 2.15. The zero-order valence-electron chi connectivity index (χ0n) is 10.6. The molecule has 0 aliphatic rings. The summed E-state index contributed by atoms with van der Waals surface area (Å²) in [5.74, 6) is -0.945. The van der Waals surface area contributed by atoms with Crippen molar-refractivity contribution in [2.45, 2.75) is 13.5 Å². The van der Waals surface area contributed by atoms with Crippen LogP contribution in [-0.2, 0) is 11.3 Å². The first-order chi connectivity index (χ1) is 9.47. The Morgan fingerprint density at radius 1 is 1.45 bits per heavy atom. The van der Waals surface area contributed by atoms with Crippen molar-refractivity contribution in [2.75, 3.05) is 5.32 Å². The van der Waals surface area contributed by atoms with Gasteiger partial charge in [-0.2, -0.15) is 0 Å². The van der Waals surface area contributed by atoms with Gasteiger partial charge in [-0.15, -0.1) is 0 Å². The van der Waals surface area contributed by atoms with Gasteiger partial charge in [-0.1, -0.05) is 22.0 Å². The van der Waals surface area contributed by atoms with E-state index in [-0.39, 0.29) is 18.1 Å². The van der Waals surface area contributed by atoms with Crippen LogP contribution in [0, 0.1) is 6.92 Å². The predicted molar refractivity (Wildman–Crippen MR) is 76.7 cm³/mol. The van der Waals surface area contributed by atoms with Crippen LogP contribution in [0.5, 0.6) is 0 Å². The summed E-state index contributed by atoms with van der Waals surface area (Å²) in [7, 11) is 0. The van der Waals surface area contributed by atoms with Crippen molar-refractivity contribution in [1.29, 1.82) is 0 Å². The van der Waals surface area contributed by atoms with Crippen LogP contribution in [-0.4, -0.2) is 26.5 Å². The van der Waals surface area contributed by atoms with E-state index in [1.54, 1.807) is 25.1 Å². The Morgan fingerprint density at radius 3 is 2.85 bits per heavy atom. The molecule has 1 aromatic heterocycles. The average Bonchev–Trinajstić information content (AvgIpc) is 2.71. The molecule has 0 radical (unpaired) electrons. The molecule has 0 aliphatic heterocycles. The second-order valence-corrected chi connectivity index (χ2v) is 5.06. The van der Waals surface area contributed by atoms with E-state index in [9.17, 15) is 9.59 Å². The first-order valence-corrected chi connectivity index (χ1v) is 6.57. The van der Waals surface area contributed by atoms with Gasteiger partial charge in [0.25, 0.3) is 0 Å². The zero-order valence-corrected chi connectivity index (χ0v) is 12.2. The van der Waals surface area contributed by atoms with Gasteiger partial charge >= 0.3 is 5.97 Å². The number of carboxylic acid groups (broad SMARTS) is 1. The summed E-state index contributed by atoms with van der Waals surface area (Å²) < 4.78 is 2.20. The Balaban J connectivity index is 2.12. The molecule has 1 amide bonds. The Kier molecular flexibility index (Phi) is 4.19. The third kappa shape index (κ3) is 3.24. The quantitative estimate of drug-likeness (QED) is 0.896. The van der Waals surface area contributed by atoms with E-state index in [1.807, 2.05) is 6.07 Å². The predicted octanol–water partition coefficient (Wildman–Crippen LogP) is 2.29. The third-order valence-electron chi connectivity index (χ3n) is 2.68. The number of anilines is 1. The highest BCUT2D eigenvalue weighted by atomic mass is 79.9. The molecule has 20 heavy (non-hydrogen) atoms. The van der Waals surface area contributed by atoms with Crippen LogP contribution in [0.4, 0.5) is 5.69 Å². The normalized spacial score (nSPS) is 10.3. The highest BCUT2D eigenvalue weighted by molar-refractivity contribution is 9.10. The molecule has 104 valence electrons. The summed E-state index contributed by atoms with van der Waals surface area (Å²) in [4.78, 5) is 26.9. The van der Waals surface area contributed by atoms with Crippen molar-refractivity contribution in [3.8, 4) is 0 Å². The number of amides is 1. The van der Waals surface area contributed by atoms with Crippen LogP contribution in [0.25, 0.3) is 0 Å². The number of aromatic nitrogens is 2. The lowest BCUT2D eigenvalue weighted by atomic mass is 10.3. The van der Waals surface area contributed by atoms with Crippen LogP contribution in [0.1, 0.15) is 16.3 Å². The summed E-state index contributed by atoms with van der Waals surface area (Å²) in [6.45, 7) is 1.55. The summed E-state index contributed by atoms with van der Waals surface area (Å²) >= 11 is 3.31. The number of carbonyl (C=O) groups is 2. The largest absolute Gasteiger partial charge is 0.477 e. The zero-order chi connectivity index (χ0) is 14.7. The molecule has 7 heteroatoms. The van der Waals surface area contributed by atoms with Crippen molar-refractivity contribution in [1.82, 2.24) is 9.55 Å². The van der Waals surface area contributed by atoms with Crippen molar-refractivity contribution >= 4 is 33.5 Å². The van der Waals surface area contributed by atoms with Crippen LogP contribution >= 0.6 is 15.9 Å². The molecule has 0 spiro atoms. The van der Waals surface area contributed by atoms with Gasteiger partial charge in [-0.3, -0.25) is 4.79 Å². The first kappa shape index (κ1) is 14.3. The van der Waals surface area contributed by atoms with Crippen LogP contribution < -0.4 is 5.32 Å². The maximum atomic E-state index is 12.0. The number of halogens is 1. The van der Waals surface area contributed by atoms with E-state index >= 15 is 0 Å². The molecule has 0 aliphatic carbocycles. The molecule has 0 unspecified atom stereocenters. The molecule has 0 atom stereocenters. The van der Waals surface area contributed by atoms with E-state index in [0.717, 1.165) is 4.47 Å². The van der Waals surface area contributed by atoms with E-state index in [4.69, 9.17) is 5.11 Å². The standard InChI is InChI=1S/C13H12BrN3O3/c1-8-15-6-11(13(19)20)17(8)7-12(18)16-10-4-2-3-9(14)5-10/h2-6H,7H2,1H3,(H,16,18)(H,19,20). The number of hydrogen-bond acceptors (Lipinski definition) is 3. The Labute approximate surface area is 123 Å². The van der Waals surface area contributed by atoms with Gasteiger partial charge in [0.05, 0.1) is 6.20 Å². The number of carboxylic acids is 1. The van der Waals surface area contributed by atoms with Gasteiger partial charge in [0, 0.05) is 10.2 Å². The minimum Gasteiger partial charge on any atom is -0.477 e. The Hall–Kier alpha value is -2.15. The van der Waals surface area contributed by atoms with Crippen LogP contribution in [0.15, 0.2) is 34.9 Å². The molecule has 2 rings (SSSR count). The van der Waals surface area contributed by atoms with Crippen molar-refractivity contribution in [3.05, 3.63) is 46.5 Å². The molecule has 6 nitrogen and oxygen atoms in total. The highest BCUT2D eigenvalue weighted by Gasteiger charge is 2.15. The van der Waals surface area contributed by atoms with Crippen molar-refractivity contribution in [3.63, 3.8) is 0 Å². The van der Waals surface area contributed by atoms with Gasteiger partial charge in [0.15, 0.2) is 0 Å². The van der Waals surface area contributed by atoms with Crippen LogP contribution in [0.2, 0.25) is 0 Å². The molecule has 0 saturated carbocycles. The Morgan fingerprint density at radius 2 is 2.20 bits per heavy atom. The molecule has 0 saturated heterocycles. The molecule has 1 aromatic carbocycles. The lowest BCUT2D eigenvalue weighted by Gasteiger charge is -2.09. The van der Waals surface area contributed by atoms with Crippen LogP contribution in [0.3, 0.4) is 0 Å². The van der Waals surface area contributed by atoms with E-state index in [1.165, 1.54) is 10.8 Å².